The molecule has 4 aromatic rings. The van der Waals surface area contributed by atoms with Crippen molar-refractivity contribution in [2.45, 2.75) is 38.5 Å². The maximum atomic E-state index is 3.74. The molecule has 4 aromatic carbocycles. The van der Waals surface area contributed by atoms with E-state index >= 15 is 0 Å². The number of fused-ring (bicyclic) bond motifs is 3. The lowest BCUT2D eigenvalue weighted by Gasteiger charge is -2.37. The van der Waals surface area contributed by atoms with Crippen LogP contribution >= 0.6 is 15.9 Å². The minimum absolute atomic E-state index is 0.0180. The van der Waals surface area contributed by atoms with Gasteiger partial charge in [-0.1, -0.05) is 121 Å². The number of aryl methyl sites for hydroxylation is 1. The minimum Gasteiger partial charge on any atom is -0.0622 e. The van der Waals surface area contributed by atoms with Crippen LogP contribution in [0.5, 0.6) is 0 Å². The van der Waals surface area contributed by atoms with E-state index in [-0.39, 0.29) is 10.8 Å². The molecule has 0 amide bonds. The Morgan fingerprint density at radius 3 is 1.81 bits per heavy atom. The summed E-state index contributed by atoms with van der Waals surface area (Å²) in [5.41, 5.74) is 10.5. The number of halogens is 1. The first kappa shape index (κ1) is 20.3. The molecule has 0 saturated heterocycles. The van der Waals surface area contributed by atoms with E-state index in [1.165, 1.54) is 44.5 Å². The Morgan fingerprint density at radius 2 is 1.26 bits per heavy atom. The Morgan fingerprint density at radius 1 is 0.677 bits per heavy atom. The molecular weight excluding hydrogens is 440 g/mol. The smallest absolute Gasteiger partial charge is 0.0622 e. The number of hydrogen-bond acceptors (Lipinski definition) is 0. The molecule has 0 fully saturated rings. The summed E-state index contributed by atoms with van der Waals surface area (Å²) in [5.74, 6) is 0. The summed E-state index contributed by atoms with van der Waals surface area (Å²) in [5, 5.41) is 0. The third-order valence-corrected chi connectivity index (χ3v) is 7.05. The van der Waals surface area contributed by atoms with E-state index < -0.39 is 0 Å². The fourth-order valence-electron chi connectivity index (χ4n) is 5.34. The van der Waals surface area contributed by atoms with Crippen LogP contribution in [0.3, 0.4) is 0 Å². The highest BCUT2D eigenvalue weighted by atomic mass is 79.9. The van der Waals surface area contributed by atoms with Gasteiger partial charge < -0.3 is 0 Å². The molecule has 0 atom stereocenters. The van der Waals surface area contributed by atoms with Crippen molar-refractivity contribution < 1.29 is 0 Å². The van der Waals surface area contributed by atoms with E-state index in [0.717, 1.165) is 4.47 Å². The number of hydrogen-bond donors (Lipinski definition) is 0. The van der Waals surface area contributed by atoms with Crippen LogP contribution in [0, 0.1) is 6.92 Å². The Bertz CT molecular complexity index is 1220. The van der Waals surface area contributed by atoms with Gasteiger partial charge in [0.25, 0.3) is 0 Å². The van der Waals surface area contributed by atoms with E-state index in [2.05, 4.69) is 135 Å². The molecule has 31 heavy (non-hydrogen) atoms. The van der Waals surface area contributed by atoms with E-state index in [0.29, 0.717) is 0 Å². The van der Waals surface area contributed by atoms with Crippen LogP contribution in [-0.2, 0) is 10.8 Å². The van der Waals surface area contributed by atoms with Crippen molar-refractivity contribution in [3.8, 4) is 11.1 Å². The van der Waals surface area contributed by atoms with E-state index in [1.54, 1.807) is 0 Å². The van der Waals surface area contributed by atoms with Crippen molar-refractivity contribution in [1.29, 1.82) is 0 Å². The Hall–Kier alpha value is -2.64. The zero-order valence-corrected chi connectivity index (χ0v) is 20.1. The lowest BCUT2D eigenvalue weighted by atomic mass is 9.64. The van der Waals surface area contributed by atoms with Crippen molar-refractivity contribution in [1.82, 2.24) is 0 Å². The number of rotatable bonds is 2. The number of benzene rings is 4. The average Bonchev–Trinajstić information content (AvgIpc) is 3.04. The topological polar surface area (TPSA) is 0 Å². The summed E-state index contributed by atoms with van der Waals surface area (Å²) >= 11 is 3.74. The quantitative estimate of drug-likeness (QED) is 0.244. The predicted molar refractivity (Wildman–Crippen MR) is 135 cm³/mol. The SMILES string of the molecule is Cc1cc2c(c(C(C)(C)C)c1)C(c1ccccc1)(c1ccccc1)c1ccc(Br)cc1-2. The van der Waals surface area contributed by atoms with Crippen molar-refractivity contribution in [3.05, 3.63) is 129 Å². The highest BCUT2D eigenvalue weighted by molar-refractivity contribution is 9.10. The Labute approximate surface area is 194 Å². The van der Waals surface area contributed by atoms with E-state index in [9.17, 15) is 0 Å². The second-order valence-electron chi connectivity index (χ2n) is 9.66. The molecule has 0 aliphatic heterocycles. The lowest BCUT2D eigenvalue weighted by Crippen LogP contribution is -2.32. The van der Waals surface area contributed by atoms with Crippen LogP contribution in [0.4, 0.5) is 0 Å². The zero-order chi connectivity index (χ0) is 21.8. The minimum atomic E-state index is -0.343. The summed E-state index contributed by atoms with van der Waals surface area (Å²) in [6.07, 6.45) is 0. The fourth-order valence-corrected chi connectivity index (χ4v) is 5.70. The Balaban J connectivity index is 2.05. The first-order valence-corrected chi connectivity index (χ1v) is 11.7. The first-order valence-electron chi connectivity index (χ1n) is 10.9. The average molecular weight is 467 g/mol. The van der Waals surface area contributed by atoms with Crippen molar-refractivity contribution >= 4 is 15.9 Å². The normalized spacial score (nSPS) is 14.2. The summed E-state index contributed by atoms with van der Waals surface area (Å²) in [6.45, 7) is 9.23. The standard InChI is InChI=1S/C30H27Br/c1-20-17-25-24-19-23(31)15-16-26(24)30(21-11-7-5-8-12-21,22-13-9-6-10-14-22)28(25)27(18-20)29(2,3)4/h5-19H,1-4H3. The molecule has 0 bridgehead atoms. The van der Waals surface area contributed by atoms with Gasteiger partial charge in [0.05, 0.1) is 5.41 Å². The highest BCUT2D eigenvalue weighted by Crippen LogP contribution is 2.59. The summed E-state index contributed by atoms with van der Waals surface area (Å²) in [4.78, 5) is 0. The van der Waals surface area contributed by atoms with Gasteiger partial charge in [0.1, 0.15) is 0 Å². The molecule has 1 aliphatic rings. The maximum absolute atomic E-state index is 3.74. The first-order chi connectivity index (χ1) is 14.8. The van der Waals surface area contributed by atoms with Crippen LogP contribution in [0.25, 0.3) is 11.1 Å². The van der Waals surface area contributed by atoms with Crippen LogP contribution < -0.4 is 0 Å². The molecule has 0 aromatic heterocycles. The molecule has 0 N–H and O–H groups in total. The molecule has 0 radical (unpaired) electrons. The largest absolute Gasteiger partial charge is 0.0716 e. The Kier molecular flexibility index (Phi) is 4.71. The van der Waals surface area contributed by atoms with Crippen LogP contribution in [0.2, 0.25) is 0 Å². The third kappa shape index (κ3) is 3.02. The van der Waals surface area contributed by atoms with Crippen molar-refractivity contribution in [2.75, 3.05) is 0 Å². The summed E-state index contributed by atoms with van der Waals surface area (Å²) in [6, 6.07) is 33.7. The molecule has 1 aliphatic carbocycles. The third-order valence-electron chi connectivity index (χ3n) is 6.56. The van der Waals surface area contributed by atoms with E-state index in [4.69, 9.17) is 0 Å². The van der Waals surface area contributed by atoms with Gasteiger partial charge in [-0.25, -0.2) is 0 Å². The van der Waals surface area contributed by atoms with E-state index in [1.807, 2.05) is 0 Å². The van der Waals surface area contributed by atoms with Gasteiger partial charge in [-0.05, 0) is 63.4 Å². The van der Waals surface area contributed by atoms with Gasteiger partial charge in [-0.3, -0.25) is 0 Å². The molecular formula is C30H27Br. The molecule has 1 heteroatoms. The molecule has 5 rings (SSSR count). The van der Waals surface area contributed by atoms with Gasteiger partial charge in [0, 0.05) is 4.47 Å². The second kappa shape index (κ2) is 7.21. The highest BCUT2D eigenvalue weighted by Gasteiger charge is 2.48. The predicted octanol–water partition coefficient (Wildman–Crippen LogP) is 8.42. The molecule has 0 heterocycles. The fraction of sp³-hybridized carbons (Fsp3) is 0.200. The van der Waals surface area contributed by atoms with Gasteiger partial charge in [-0.15, -0.1) is 0 Å². The van der Waals surface area contributed by atoms with Gasteiger partial charge in [0.15, 0.2) is 0 Å². The van der Waals surface area contributed by atoms with Crippen LogP contribution in [0.1, 0.15) is 54.2 Å². The molecule has 154 valence electrons. The zero-order valence-electron chi connectivity index (χ0n) is 18.5. The summed E-state index contributed by atoms with van der Waals surface area (Å²) < 4.78 is 1.12. The van der Waals surface area contributed by atoms with Gasteiger partial charge in [-0.2, -0.15) is 0 Å². The van der Waals surface area contributed by atoms with Gasteiger partial charge in [0.2, 0.25) is 0 Å². The second-order valence-corrected chi connectivity index (χ2v) is 10.6. The van der Waals surface area contributed by atoms with Crippen molar-refractivity contribution in [2.24, 2.45) is 0 Å². The lowest BCUT2D eigenvalue weighted by molar-refractivity contribution is 0.572. The molecule has 0 unspecified atom stereocenters. The summed E-state index contributed by atoms with van der Waals surface area (Å²) in [7, 11) is 0. The van der Waals surface area contributed by atoms with Gasteiger partial charge >= 0.3 is 0 Å². The molecule has 0 nitrogen and oxygen atoms in total. The molecule has 0 spiro atoms. The maximum Gasteiger partial charge on any atom is 0.0716 e. The molecule has 0 saturated carbocycles. The monoisotopic (exact) mass is 466 g/mol. The van der Waals surface area contributed by atoms with Crippen molar-refractivity contribution in [3.63, 3.8) is 0 Å². The van der Waals surface area contributed by atoms with Crippen LogP contribution in [0.15, 0.2) is 95.5 Å². The van der Waals surface area contributed by atoms with Crippen LogP contribution in [-0.4, -0.2) is 0 Å².